The lowest BCUT2D eigenvalue weighted by atomic mass is 10.2. The molecule has 3 aromatic heterocycles. The first-order valence-electron chi connectivity index (χ1n) is 13.1. The van der Waals surface area contributed by atoms with Crippen LogP contribution in [0.15, 0.2) is 28.3 Å². The number of carbonyl (C=O) groups excluding carboxylic acids is 1. The number of likely N-dealkylation sites (tertiary alicyclic amines) is 1. The van der Waals surface area contributed by atoms with Gasteiger partial charge in [-0.2, -0.15) is 0 Å². The molecular formula is C26H32BrN7O3S2. The molecule has 0 spiro atoms. The van der Waals surface area contributed by atoms with Gasteiger partial charge in [0.15, 0.2) is 5.13 Å². The zero-order valence-electron chi connectivity index (χ0n) is 22.0. The fraction of sp³-hybridized carbons (Fsp3) is 0.500. The Bertz CT molecular complexity index is 1320. The van der Waals surface area contributed by atoms with Gasteiger partial charge < -0.3 is 10.0 Å². The van der Waals surface area contributed by atoms with Gasteiger partial charge in [-0.1, -0.05) is 11.3 Å². The number of thiazole rings is 1. The minimum absolute atomic E-state index is 0.140. The Morgan fingerprint density at radius 3 is 2.67 bits per heavy atom. The van der Waals surface area contributed by atoms with Gasteiger partial charge in [-0.3, -0.25) is 24.7 Å². The number of carboxylic acids is 1. The number of aromatic nitrogens is 3. The molecule has 10 nitrogen and oxygen atoms in total. The molecule has 1 amide bonds. The summed E-state index contributed by atoms with van der Waals surface area (Å²) in [6.07, 6.45) is 5.69. The van der Waals surface area contributed by atoms with Crippen molar-refractivity contribution in [2.75, 3.05) is 42.9 Å². The average molecular weight is 635 g/mol. The van der Waals surface area contributed by atoms with Crippen molar-refractivity contribution in [3.05, 3.63) is 38.9 Å². The molecule has 0 aliphatic carbocycles. The summed E-state index contributed by atoms with van der Waals surface area (Å²) in [6, 6.07) is 2.76. The number of halogens is 1. The summed E-state index contributed by atoms with van der Waals surface area (Å²) in [7, 11) is 0. The highest BCUT2D eigenvalue weighted by atomic mass is 79.9. The molecule has 0 unspecified atom stereocenters. The highest BCUT2D eigenvalue weighted by Crippen LogP contribution is 2.38. The van der Waals surface area contributed by atoms with Gasteiger partial charge in [0.05, 0.1) is 29.4 Å². The number of carboxylic acid groups (broad SMARTS) is 1. The number of hydrogen-bond acceptors (Lipinski definition) is 10. The van der Waals surface area contributed by atoms with E-state index in [1.54, 1.807) is 17.5 Å². The van der Waals surface area contributed by atoms with Gasteiger partial charge in [0.25, 0.3) is 5.91 Å². The predicted molar refractivity (Wildman–Crippen MR) is 158 cm³/mol. The van der Waals surface area contributed by atoms with Crippen molar-refractivity contribution in [1.82, 2.24) is 24.8 Å². The third-order valence-electron chi connectivity index (χ3n) is 7.27. The second-order valence-corrected chi connectivity index (χ2v) is 13.0. The van der Waals surface area contributed by atoms with Gasteiger partial charge >= 0.3 is 5.97 Å². The number of amides is 1. The van der Waals surface area contributed by atoms with E-state index in [-0.39, 0.29) is 24.1 Å². The van der Waals surface area contributed by atoms with E-state index >= 15 is 0 Å². The fourth-order valence-electron chi connectivity index (χ4n) is 5.13. The van der Waals surface area contributed by atoms with E-state index in [0.29, 0.717) is 23.5 Å². The van der Waals surface area contributed by atoms with Crippen molar-refractivity contribution in [3.8, 4) is 10.6 Å². The molecule has 2 fully saturated rings. The van der Waals surface area contributed by atoms with Crippen LogP contribution in [-0.2, 0) is 11.3 Å². The van der Waals surface area contributed by atoms with E-state index < -0.39 is 5.97 Å². The molecule has 5 heterocycles. The second-order valence-electron chi connectivity index (χ2n) is 10.1. The lowest BCUT2D eigenvalue weighted by Crippen LogP contribution is -2.52. The molecule has 2 aliphatic rings. The smallest absolute Gasteiger partial charge is 0.304 e. The van der Waals surface area contributed by atoms with E-state index in [0.717, 1.165) is 52.6 Å². The Kier molecular flexibility index (Phi) is 8.92. The third-order valence-corrected chi connectivity index (χ3v) is 9.93. The highest BCUT2D eigenvalue weighted by molar-refractivity contribution is 9.10. The summed E-state index contributed by atoms with van der Waals surface area (Å²) in [4.78, 5) is 46.7. The number of anilines is 2. The van der Waals surface area contributed by atoms with Crippen LogP contribution in [0.3, 0.4) is 0 Å². The zero-order valence-corrected chi connectivity index (χ0v) is 25.2. The van der Waals surface area contributed by atoms with Gasteiger partial charge in [0.2, 0.25) is 0 Å². The average Bonchev–Trinajstić information content (AvgIpc) is 3.63. The quantitative estimate of drug-likeness (QED) is 0.347. The molecule has 3 aromatic rings. The molecule has 5 rings (SSSR count). The fourth-order valence-corrected chi connectivity index (χ4v) is 7.64. The Balaban J connectivity index is 1.25. The first kappa shape index (κ1) is 28.1. The second kappa shape index (κ2) is 12.4. The van der Waals surface area contributed by atoms with Gasteiger partial charge in [-0.15, -0.1) is 11.3 Å². The molecule has 2 N–H and O–H groups in total. The van der Waals surface area contributed by atoms with Crippen molar-refractivity contribution in [2.45, 2.75) is 51.7 Å². The van der Waals surface area contributed by atoms with Crippen LogP contribution in [0, 0.1) is 0 Å². The van der Waals surface area contributed by atoms with Crippen LogP contribution in [0.5, 0.6) is 0 Å². The van der Waals surface area contributed by atoms with Crippen LogP contribution in [0.2, 0.25) is 0 Å². The number of rotatable bonds is 9. The number of nitrogens with zero attached hydrogens (tertiary/aromatic N) is 6. The summed E-state index contributed by atoms with van der Waals surface area (Å²) in [5, 5.41) is 14.5. The SMILES string of the molecule is C[C@@H]1CCCN1Cc1sc(NC(=O)c2cnc(N3CCN(CCC(=O)O)C[C@H]3C)cn2)nc1-c1cc(Br)cs1. The number of thiophene rings is 1. The van der Waals surface area contributed by atoms with Crippen LogP contribution in [-0.4, -0.2) is 86.5 Å². The van der Waals surface area contributed by atoms with Crippen molar-refractivity contribution in [2.24, 2.45) is 0 Å². The summed E-state index contributed by atoms with van der Waals surface area (Å²) in [5.74, 6) is -0.413. The summed E-state index contributed by atoms with van der Waals surface area (Å²) < 4.78 is 1.02. The van der Waals surface area contributed by atoms with E-state index in [9.17, 15) is 9.59 Å². The number of carbonyl (C=O) groups is 2. The van der Waals surface area contributed by atoms with Gasteiger partial charge in [0, 0.05) is 59.5 Å². The molecule has 2 aliphatic heterocycles. The van der Waals surface area contributed by atoms with Gasteiger partial charge in [0.1, 0.15) is 11.5 Å². The van der Waals surface area contributed by atoms with E-state index in [1.165, 1.54) is 30.4 Å². The Morgan fingerprint density at radius 1 is 1.18 bits per heavy atom. The van der Waals surface area contributed by atoms with Crippen molar-refractivity contribution >= 4 is 61.4 Å². The van der Waals surface area contributed by atoms with Crippen molar-refractivity contribution < 1.29 is 14.7 Å². The number of aliphatic carboxylic acids is 1. The minimum Gasteiger partial charge on any atom is -0.481 e. The molecule has 0 saturated carbocycles. The molecule has 2 saturated heterocycles. The number of hydrogen-bond donors (Lipinski definition) is 2. The third kappa shape index (κ3) is 6.83. The monoisotopic (exact) mass is 633 g/mol. The van der Waals surface area contributed by atoms with E-state index in [4.69, 9.17) is 10.1 Å². The van der Waals surface area contributed by atoms with E-state index in [2.05, 4.69) is 65.8 Å². The molecule has 2 atom stereocenters. The summed E-state index contributed by atoms with van der Waals surface area (Å²) >= 11 is 6.70. The lowest BCUT2D eigenvalue weighted by molar-refractivity contribution is -0.137. The standard InChI is InChI=1S/C26H32BrN7O3S2/c1-16-4-3-6-33(16)14-21-24(20-10-18(27)15-38-20)30-26(39-21)31-25(37)19-11-29-22(12-28-19)34-9-8-32(13-17(34)2)7-5-23(35)36/h10-12,15-17H,3-9,13-14H2,1-2H3,(H,35,36)(H,30,31,37)/t16-,17-/m1/s1. The van der Waals surface area contributed by atoms with Crippen LogP contribution < -0.4 is 10.2 Å². The Morgan fingerprint density at radius 2 is 2.03 bits per heavy atom. The topological polar surface area (TPSA) is 115 Å². The van der Waals surface area contributed by atoms with Crippen LogP contribution in [0.4, 0.5) is 10.9 Å². The molecule has 0 bridgehead atoms. The largest absolute Gasteiger partial charge is 0.481 e. The molecule has 208 valence electrons. The lowest BCUT2D eigenvalue weighted by Gasteiger charge is -2.40. The molecule has 13 heteroatoms. The molecular weight excluding hydrogens is 602 g/mol. The predicted octanol–water partition coefficient (Wildman–Crippen LogP) is 4.65. The highest BCUT2D eigenvalue weighted by Gasteiger charge is 2.27. The zero-order chi connectivity index (χ0) is 27.5. The number of nitrogens with one attached hydrogen (secondary N) is 1. The Hall–Kier alpha value is -2.45. The molecule has 0 radical (unpaired) electrons. The molecule has 39 heavy (non-hydrogen) atoms. The van der Waals surface area contributed by atoms with E-state index in [1.807, 2.05) is 5.38 Å². The van der Waals surface area contributed by atoms with Crippen molar-refractivity contribution in [1.29, 1.82) is 0 Å². The van der Waals surface area contributed by atoms with Crippen LogP contribution in [0.25, 0.3) is 10.6 Å². The van der Waals surface area contributed by atoms with Gasteiger partial charge in [-0.05, 0) is 55.2 Å². The maximum atomic E-state index is 13.1. The maximum Gasteiger partial charge on any atom is 0.304 e. The van der Waals surface area contributed by atoms with Gasteiger partial charge in [-0.25, -0.2) is 15.0 Å². The Labute approximate surface area is 244 Å². The van der Waals surface area contributed by atoms with Crippen molar-refractivity contribution in [3.63, 3.8) is 0 Å². The first-order valence-corrected chi connectivity index (χ1v) is 15.6. The van der Waals surface area contributed by atoms with Crippen LogP contribution in [0.1, 0.15) is 48.5 Å². The summed E-state index contributed by atoms with van der Waals surface area (Å²) in [6.45, 7) is 9.01. The first-order chi connectivity index (χ1) is 18.8. The van der Waals surface area contributed by atoms with Crippen LogP contribution >= 0.6 is 38.6 Å². The maximum absolute atomic E-state index is 13.1. The normalized spacial score (nSPS) is 20.4. The molecule has 0 aromatic carbocycles. The summed E-state index contributed by atoms with van der Waals surface area (Å²) in [5.41, 5.74) is 1.15. The number of piperazine rings is 1. The minimum atomic E-state index is -0.782.